The summed E-state index contributed by atoms with van der Waals surface area (Å²) in [6, 6.07) is 14.2. The molecule has 1 aliphatic rings. The van der Waals surface area contributed by atoms with Gasteiger partial charge in [-0.3, -0.25) is 4.57 Å². The lowest BCUT2D eigenvalue weighted by molar-refractivity contribution is 0.0466. The molecule has 6 N–H and O–H groups in total. The number of anilines is 1. The zero-order valence-corrected chi connectivity index (χ0v) is 18.9. The Kier molecular flexibility index (Phi) is 8.79. The summed E-state index contributed by atoms with van der Waals surface area (Å²) in [7, 11) is -4.23. The highest BCUT2D eigenvalue weighted by atomic mass is 31.2. The summed E-state index contributed by atoms with van der Waals surface area (Å²) in [5.74, 6) is -0.294. The number of nitrogen functional groups attached to an aromatic ring is 1. The van der Waals surface area contributed by atoms with Crippen LogP contribution in [0.3, 0.4) is 0 Å². The number of carbonyl (C=O) groups is 1. The van der Waals surface area contributed by atoms with Crippen molar-refractivity contribution in [3.05, 3.63) is 65.2 Å². The summed E-state index contributed by atoms with van der Waals surface area (Å²) in [4.78, 5) is 32.1. The first kappa shape index (κ1) is 25.0. The van der Waals surface area contributed by atoms with E-state index in [1.807, 2.05) is 24.3 Å². The van der Waals surface area contributed by atoms with Crippen molar-refractivity contribution in [1.29, 1.82) is 0 Å². The van der Waals surface area contributed by atoms with Gasteiger partial charge in [-0.05, 0) is 48.5 Å². The maximum atomic E-state index is 11.6. The molecule has 0 fully saturated rings. The van der Waals surface area contributed by atoms with E-state index >= 15 is 0 Å². The fourth-order valence-corrected chi connectivity index (χ4v) is 4.09. The normalized spacial score (nSPS) is 14.5. The Hall–Kier alpha value is -2.22. The molecule has 0 heterocycles. The molecule has 9 heteroatoms. The summed E-state index contributed by atoms with van der Waals surface area (Å²) in [6.07, 6.45) is 0.515. The first-order chi connectivity index (χ1) is 14.6. The summed E-state index contributed by atoms with van der Waals surface area (Å²) >= 11 is 0. The topological polar surface area (TPSA) is 139 Å². The van der Waals surface area contributed by atoms with Crippen LogP contribution in [0.15, 0.2) is 48.5 Å². The van der Waals surface area contributed by atoms with Gasteiger partial charge in [-0.15, -0.1) is 0 Å². The van der Waals surface area contributed by atoms with E-state index in [-0.39, 0.29) is 18.8 Å². The molecule has 2 aromatic rings. The molecule has 0 spiro atoms. The van der Waals surface area contributed by atoms with E-state index in [0.717, 1.165) is 30.8 Å². The van der Waals surface area contributed by atoms with Crippen molar-refractivity contribution in [2.75, 3.05) is 32.0 Å². The van der Waals surface area contributed by atoms with Gasteiger partial charge in [0.05, 0.1) is 5.56 Å². The summed E-state index contributed by atoms with van der Waals surface area (Å²) in [6.45, 7) is 7.31. The highest BCUT2D eigenvalue weighted by Crippen LogP contribution is 2.53. The van der Waals surface area contributed by atoms with Crippen molar-refractivity contribution < 1.29 is 23.9 Å². The molecule has 0 saturated carbocycles. The highest BCUT2D eigenvalue weighted by molar-refractivity contribution is 7.53. The van der Waals surface area contributed by atoms with Gasteiger partial charge in [-0.2, -0.15) is 0 Å². The lowest BCUT2D eigenvalue weighted by Crippen LogP contribution is -2.40. The Morgan fingerprint density at radius 2 is 1.58 bits per heavy atom. The Morgan fingerprint density at radius 1 is 1.06 bits per heavy atom. The number of likely N-dealkylation sites (N-methyl/N-ethyl adjacent to an activating group) is 1. The van der Waals surface area contributed by atoms with Crippen molar-refractivity contribution in [1.82, 2.24) is 4.90 Å². The fourth-order valence-electron chi connectivity index (χ4n) is 3.34. The monoisotopic (exact) mass is 449 g/mol. The third-order valence-corrected chi connectivity index (χ3v) is 6.85. The molecule has 0 radical (unpaired) electrons. The first-order valence-corrected chi connectivity index (χ1v) is 11.9. The zero-order chi connectivity index (χ0) is 23.1. The summed E-state index contributed by atoms with van der Waals surface area (Å²) < 4.78 is 16.4. The third kappa shape index (κ3) is 6.89. The number of hydrogen-bond donors (Lipinski definition) is 4. The largest absolute Gasteiger partial charge is 0.461 e. The van der Waals surface area contributed by atoms with Gasteiger partial charge in [0.25, 0.3) is 0 Å². The lowest BCUT2D eigenvalue weighted by atomic mass is 10.1. The average molecular weight is 449 g/mol. The van der Waals surface area contributed by atoms with Gasteiger partial charge in [0.2, 0.25) is 0 Å². The van der Waals surface area contributed by atoms with E-state index in [9.17, 15) is 9.36 Å². The molecule has 31 heavy (non-hydrogen) atoms. The van der Waals surface area contributed by atoms with E-state index in [2.05, 4.69) is 18.7 Å². The number of hydrogen-bond acceptors (Lipinski definition) is 6. The van der Waals surface area contributed by atoms with Gasteiger partial charge in [0.1, 0.15) is 11.9 Å². The molecular weight excluding hydrogens is 417 g/mol. The molecular formula is C22H32N3O5P. The molecule has 3 rings (SSSR count). The number of rotatable bonds is 7. The van der Waals surface area contributed by atoms with Crippen LogP contribution in [0, 0.1) is 0 Å². The van der Waals surface area contributed by atoms with E-state index < -0.39 is 12.9 Å². The SMILES string of the molecule is CCN(CC)CCOC(=O)c1ccc(N)cc1.NC1(P(=O)(O)O)Cc2ccccc2C1. The summed E-state index contributed by atoms with van der Waals surface area (Å²) in [5.41, 5.74) is 14.3. The van der Waals surface area contributed by atoms with Gasteiger partial charge in [-0.1, -0.05) is 38.1 Å². The predicted molar refractivity (Wildman–Crippen MR) is 122 cm³/mol. The van der Waals surface area contributed by atoms with Crippen LogP contribution in [0.4, 0.5) is 5.69 Å². The smallest absolute Gasteiger partial charge is 0.345 e. The van der Waals surface area contributed by atoms with Crippen LogP contribution in [0.1, 0.15) is 35.3 Å². The number of carbonyl (C=O) groups excluding carboxylic acids is 1. The standard InChI is InChI=1S/C13H20N2O2.C9H12NO3P/c1-3-15(4-2)9-10-17-13(16)11-5-7-12(14)8-6-11;10-9(14(11,12)13)5-7-3-1-2-4-8(7)6-9/h5-8H,3-4,9-10,14H2,1-2H3;1-4H,5-6,10H2,(H2,11,12,13). The van der Waals surface area contributed by atoms with Gasteiger partial charge in [0, 0.05) is 25.1 Å². The Balaban J connectivity index is 0.000000224. The molecule has 0 unspecified atom stereocenters. The molecule has 0 amide bonds. The maximum Gasteiger partial charge on any atom is 0.345 e. The Morgan fingerprint density at radius 3 is 2.03 bits per heavy atom. The molecule has 170 valence electrons. The molecule has 1 aliphatic carbocycles. The first-order valence-electron chi connectivity index (χ1n) is 10.3. The molecule has 0 saturated heterocycles. The molecule has 0 bridgehead atoms. The lowest BCUT2D eigenvalue weighted by Gasteiger charge is -2.24. The van der Waals surface area contributed by atoms with Crippen LogP contribution in [-0.4, -0.2) is 52.2 Å². The fraction of sp³-hybridized carbons (Fsp3) is 0.409. The quantitative estimate of drug-likeness (QED) is 0.287. The number of esters is 1. The second-order valence-corrected chi connectivity index (χ2v) is 9.53. The molecule has 8 nitrogen and oxygen atoms in total. The Bertz CT molecular complexity index is 885. The van der Waals surface area contributed by atoms with Crippen molar-refractivity contribution in [2.24, 2.45) is 5.73 Å². The number of nitrogens with zero attached hydrogens (tertiary/aromatic N) is 1. The minimum Gasteiger partial charge on any atom is -0.461 e. The van der Waals surface area contributed by atoms with Crippen molar-refractivity contribution in [3.63, 3.8) is 0 Å². The molecule has 2 aromatic carbocycles. The van der Waals surface area contributed by atoms with Crippen molar-refractivity contribution >= 4 is 19.3 Å². The van der Waals surface area contributed by atoms with Crippen LogP contribution >= 0.6 is 7.60 Å². The minimum absolute atomic E-state index is 0.257. The predicted octanol–water partition coefficient (Wildman–Crippen LogP) is 2.39. The number of benzene rings is 2. The third-order valence-electron chi connectivity index (χ3n) is 5.37. The maximum absolute atomic E-state index is 11.6. The van der Waals surface area contributed by atoms with Crippen LogP contribution < -0.4 is 11.5 Å². The van der Waals surface area contributed by atoms with Gasteiger partial charge >= 0.3 is 13.6 Å². The van der Waals surface area contributed by atoms with Crippen molar-refractivity contribution in [2.45, 2.75) is 32.0 Å². The average Bonchev–Trinajstić information content (AvgIpc) is 3.09. The zero-order valence-electron chi connectivity index (χ0n) is 18.0. The van der Waals surface area contributed by atoms with E-state index in [1.165, 1.54) is 0 Å². The number of nitrogens with two attached hydrogens (primary N) is 2. The van der Waals surface area contributed by atoms with Gasteiger partial charge in [0.15, 0.2) is 0 Å². The Labute approximate surface area is 183 Å². The van der Waals surface area contributed by atoms with Crippen LogP contribution in [-0.2, 0) is 22.1 Å². The van der Waals surface area contributed by atoms with Crippen LogP contribution in [0.5, 0.6) is 0 Å². The van der Waals surface area contributed by atoms with Crippen LogP contribution in [0.25, 0.3) is 0 Å². The second-order valence-electron chi connectivity index (χ2n) is 7.55. The van der Waals surface area contributed by atoms with Gasteiger partial charge < -0.3 is 30.9 Å². The van der Waals surface area contributed by atoms with Crippen LogP contribution in [0.2, 0.25) is 0 Å². The highest BCUT2D eigenvalue weighted by Gasteiger charge is 2.47. The second kappa shape index (κ2) is 10.9. The minimum atomic E-state index is -4.23. The molecule has 0 aromatic heterocycles. The molecule has 0 aliphatic heterocycles. The van der Waals surface area contributed by atoms with Crippen molar-refractivity contribution in [3.8, 4) is 0 Å². The molecule has 0 atom stereocenters. The number of ether oxygens (including phenoxy) is 1. The van der Waals surface area contributed by atoms with E-state index in [4.69, 9.17) is 26.0 Å². The van der Waals surface area contributed by atoms with E-state index in [0.29, 0.717) is 17.9 Å². The number of fused-ring (bicyclic) bond motifs is 1. The van der Waals surface area contributed by atoms with Gasteiger partial charge in [-0.25, -0.2) is 4.79 Å². The summed E-state index contributed by atoms with van der Waals surface area (Å²) in [5, 5.41) is -1.39. The van der Waals surface area contributed by atoms with E-state index in [1.54, 1.807) is 24.3 Å².